The molecule has 0 aromatic rings. The first-order chi connectivity index (χ1) is 21.7. The highest BCUT2D eigenvalue weighted by Crippen LogP contribution is 2.28. The summed E-state index contributed by atoms with van der Waals surface area (Å²) in [5.41, 5.74) is -1.80. The number of amides is 3. The second-order valence-corrected chi connectivity index (χ2v) is 12.4. The van der Waals surface area contributed by atoms with Crippen molar-refractivity contribution in [1.82, 2.24) is 35.6 Å². The average Bonchev–Trinajstić information content (AvgIpc) is 2.92. The van der Waals surface area contributed by atoms with Crippen LogP contribution >= 0.6 is 0 Å². The Bertz CT molecular complexity index is 1100. The largest absolute Gasteiger partial charge is 0.480 e. The van der Waals surface area contributed by atoms with E-state index in [2.05, 4.69) is 10.6 Å². The van der Waals surface area contributed by atoms with Crippen molar-refractivity contribution in [3.63, 3.8) is 0 Å². The number of carbonyl (C=O) groups is 7. The summed E-state index contributed by atoms with van der Waals surface area (Å²) in [5, 5.41) is 53.5. The average molecular weight is 676 g/mol. The summed E-state index contributed by atoms with van der Waals surface area (Å²) >= 11 is 0. The lowest BCUT2D eigenvalue weighted by Crippen LogP contribution is -2.67. The number of aliphatic carboxylic acids is 5. The number of hydrogen-bond acceptors (Lipinski definition) is 11. The van der Waals surface area contributed by atoms with Crippen molar-refractivity contribution < 1.29 is 59.1 Å². The number of rotatable bonds is 16. The van der Waals surface area contributed by atoms with Crippen LogP contribution in [0.4, 0.5) is 4.79 Å². The van der Waals surface area contributed by atoms with Crippen LogP contribution in [0.1, 0.15) is 40.5 Å². The molecule has 1 aliphatic rings. The Morgan fingerprint density at radius 1 is 0.638 bits per heavy atom. The van der Waals surface area contributed by atoms with E-state index >= 15 is 0 Å². The van der Waals surface area contributed by atoms with Crippen molar-refractivity contribution in [3.8, 4) is 0 Å². The van der Waals surface area contributed by atoms with Crippen molar-refractivity contribution in [3.05, 3.63) is 0 Å². The third-order valence-electron chi connectivity index (χ3n) is 8.35. The highest BCUT2D eigenvalue weighted by atomic mass is 16.4. The molecule has 0 saturated carbocycles. The Labute approximate surface area is 272 Å². The number of nitrogens with one attached hydrogen (secondary N) is 3. The van der Waals surface area contributed by atoms with E-state index in [-0.39, 0.29) is 71.7 Å². The van der Waals surface area contributed by atoms with Gasteiger partial charge in [0.05, 0.1) is 25.2 Å². The normalized spacial score (nSPS) is 17.4. The minimum atomic E-state index is -1.47. The van der Waals surface area contributed by atoms with Gasteiger partial charge in [0.2, 0.25) is 5.91 Å². The molecule has 1 fully saturated rings. The predicted octanol–water partition coefficient (Wildman–Crippen LogP) is -2.25. The van der Waals surface area contributed by atoms with E-state index in [0.29, 0.717) is 13.1 Å². The van der Waals surface area contributed by atoms with E-state index in [9.17, 15) is 54.0 Å². The van der Waals surface area contributed by atoms with Gasteiger partial charge in [-0.15, -0.1) is 0 Å². The van der Waals surface area contributed by atoms with Crippen molar-refractivity contribution in [2.24, 2.45) is 0 Å². The van der Waals surface area contributed by atoms with Gasteiger partial charge in [-0.1, -0.05) is 0 Å². The van der Waals surface area contributed by atoms with Crippen molar-refractivity contribution in [2.75, 3.05) is 78.5 Å². The maximum absolute atomic E-state index is 13.1. The molecule has 1 heterocycles. The maximum Gasteiger partial charge on any atom is 0.326 e. The first kappa shape index (κ1) is 41.0. The molecule has 1 atom stereocenters. The van der Waals surface area contributed by atoms with Crippen LogP contribution in [0.3, 0.4) is 0 Å². The van der Waals surface area contributed by atoms with Crippen LogP contribution < -0.4 is 16.0 Å². The number of carboxylic acid groups (broad SMARTS) is 5. The van der Waals surface area contributed by atoms with Crippen LogP contribution in [0.5, 0.6) is 0 Å². The molecule has 268 valence electrons. The first-order valence-corrected chi connectivity index (χ1v) is 15.1. The lowest BCUT2D eigenvalue weighted by molar-refractivity contribution is -0.141. The Kier molecular flexibility index (Phi) is 16.5. The Morgan fingerprint density at radius 3 is 1.40 bits per heavy atom. The molecule has 47 heavy (non-hydrogen) atoms. The minimum absolute atomic E-state index is 0.249. The first-order valence-electron chi connectivity index (χ1n) is 15.1. The Balaban J connectivity index is 3.13. The molecule has 0 bridgehead atoms. The lowest BCUT2D eigenvalue weighted by atomic mass is 9.80. The van der Waals surface area contributed by atoms with Gasteiger partial charge < -0.3 is 41.5 Å². The summed E-state index contributed by atoms with van der Waals surface area (Å²) < 4.78 is 0. The van der Waals surface area contributed by atoms with Crippen molar-refractivity contribution >= 4 is 41.8 Å². The molecular formula is C28H49N7O12. The third kappa shape index (κ3) is 15.4. The fourth-order valence-corrected chi connectivity index (χ4v) is 5.00. The molecule has 1 rings (SSSR count). The summed E-state index contributed by atoms with van der Waals surface area (Å²) in [6, 6.07) is -2.48. The van der Waals surface area contributed by atoms with Gasteiger partial charge in [-0.25, -0.2) is 9.59 Å². The topological polar surface area (TPSA) is 270 Å². The summed E-state index contributed by atoms with van der Waals surface area (Å²) in [6.07, 6.45) is -0.573. The summed E-state index contributed by atoms with van der Waals surface area (Å²) in [5.74, 6) is -6.41. The lowest BCUT2D eigenvalue weighted by Gasteiger charge is -2.50. The molecule has 19 heteroatoms. The van der Waals surface area contributed by atoms with Crippen LogP contribution in [0, 0.1) is 0 Å². The fraction of sp³-hybridized carbons (Fsp3) is 0.750. The Morgan fingerprint density at radius 2 is 1.04 bits per heavy atom. The van der Waals surface area contributed by atoms with Crippen molar-refractivity contribution in [1.29, 1.82) is 0 Å². The quantitative estimate of drug-likeness (QED) is 0.0858. The number of carbonyl (C=O) groups excluding carboxylic acids is 2. The molecule has 8 N–H and O–H groups in total. The number of hydrogen-bond donors (Lipinski definition) is 8. The molecule has 1 aliphatic heterocycles. The SMILES string of the molecule is CC(C)(NC(=O)CCC(NC(=O)NCC(=O)O)C(=O)O)C(C)(C)N1CCN(CC(=O)O)CCN(CC(=O)O)CCN(CC(=O)O)CC1. The van der Waals surface area contributed by atoms with Gasteiger partial charge in [-0.2, -0.15) is 0 Å². The Hall–Kier alpha value is -4.07. The molecule has 19 nitrogen and oxygen atoms in total. The number of nitrogens with zero attached hydrogens (tertiary/aromatic N) is 4. The number of urea groups is 1. The number of carboxylic acids is 5. The van der Waals surface area contributed by atoms with Gasteiger partial charge in [0.25, 0.3) is 0 Å². The predicted molar refractivity (Wildman–Crippen MR) is 165 cm³/mol. The van der Waals surface area contributed by atoms with Crippen LogP contribution in [0.15, 0.2) is 0 Å². The van der Waals surface area contributed by atoms with Gasteiger partial charge in [0.1, 0.15) is 12.6 Å². The van der Waals surface area contributed by atoms with E-state index < -0.39 is 65.4 Å². The zero-order valence-corrected chi connectivity index (χ0v) is 27.4. The molecule has 1 unspecified atom stereocenters. The molecule has 0 aliphatic carbocycles. The molecule has 0 aromatic carbocycles. The van der Waals surface area contributed by atoms with E-state index in [1.165, 1.54) is 0 Å². The summed E-state index contributed by atoms with van der Waals surface area (Å²) in [7, 11) is 0. The second kappa shape index (κ2) is 18.9. The third-order valence-corrected chi connectivity index (χ3v) is 8.35. The van der Waals surface area contributed by atoms with E-state index in [0.717, 1.165) is 0 Å². The minimum Gasteiger partial charge on any atom is -0.480 e. The van der Waals surface area contributed by atoms with Crippen LogP contribution in [-0.4, -0.2) is 183 Å². The summed E-state index contributed by atoms with van der Waals surface area (Å²) in [6.45, 7) is 7.87. The molecule has 0 radical (unpaired) electrons. The zero-order chi connectivity index (χ0) is 35.9. The van der Waals surface area contributed by atoms with Gasteiger partial charge in [0.15, 0.2) is 0 Å². The van der Waals surface area contributed by atoms with E-state index in [1.807, 2.05) is 24.1 Å². The van der Waals surface area contributed by atoms with Crippen LogP contribution in [-0.2, 0) is 28.8 Å². The fourth-order valence-electron chi connectivity index (χ4n) is 5.00. The molecular weight excluding hydrogens is 626 g/mol. The van der Waals surface area contributed by atoms with Crippen molar-refractivity contribution in [2.45, 2.75) is 57.7 Å². The van der Waals surface area contributed by atoms with E-state index in [4.69, 9.17) is 5.11 Å². The zero-order valence-electron chi connectivity index (χ0n) is 27.4. The molecule has 1 saturated heterocycles. The highest BCUT2D eigenvalue weighted by Gasteiger charge is 2.43. The molecule has 0 aromatic heterocycles. The van der Waals surface area contributed by atoms with Crippen LogP contribution in [0.25, 0.3) is 0 Å². The smallest absolute Gasteiger partial charge is 0.326 e. The van der Waals surface area contributed by atoms with Gasteiger partial charge in [-0.3, -0.25) is 43.6 Å². The van der Waals surface area contributed by atoms with Gasteiger partial charge in [0, 0.05) is 64.3 Å². The second-order valence-electron chi connectivity index (χ2n) is 12.4. The van der Waals surface area contributed by atoms with Crippen LogP contribution in [0.2, 0.25) is 0 Å². The van der Waals surface area contributed by atoms with Gasteiger partial charge >= 0.3 is 35.9 Å². The van der Waals surface area contributed by atoms with Gasteiger partial charge in [-0.05, 0) is 34.1 Å². The van der Waals surface area contributed by atoms with E-state index in [1.54, 1.807) is 28.5 Å². The standard InChI is InChI=1S/C28H49N7O12/c1-27(2,31-20(36)6-5-19(25(45)46)30-26(47)29-15-21(37)38)28(3,4)35-13-11-33(17-23(41)42)9-7-32(16-22(39)40)8-10-34(12-14-35)18-24(43)44/h19H,5-18H2,1-4H3,(H,31,36)(H,37,38)(H,39,40)(H,41,42)(H,43,44)(H,45,46)(H2,29,30,47). The molecule has 0 spiro atoms. The highest BCUT2D eigenvalue weighted by molar-refractivity contribution is 5.85. The monoisotopic (exact) mass is 675 g/mol. The maximum atomic E-state index is 13.1. The summed E-state index contributed by atoms with van der Waals surface area (Å²) in [4.78, 5) is 88.9. The molecule has 3 amide bonds.